The Labute approximate surface area is 362 Å². The molecule has 0 aliphatic carbocycles. The fourth-order valence-corrected chi connectivity index (χ4v) is 8.09. The van der Waals surface area contributed by atoms with Gasteiger partial charge in [0.2, 0.25) is 0 Å². The highest BCUT2D eigenvalue weighted by atomic mass is 16.6. The van der Waals surface area contributed by atoms with Crippen molar-refractivity contribution < 1.29 is 19.3 Å². The number of hydrogen-bond acceptors (Lipinski definition) is 10. The summed E-state index contributed by atoms with van der Waals surface area (Å²) >= 11 is 0. The molecular weight excluding hydrogens is 809 g/mol. The predicted octanol–water partition coefficient (Wildman–Crippen LogP) is 12.2. The van der Waals surface area contributed by atoms with Crippen LogP contribution in [0.3, 0.4) is 0 Å². The zero-order chi connectivity index (χ0) is 43.3. The molecule has 0 aliphatic heterocycles. The molecule has 0 N–H and O–H groups in total. The molecule has 0 aliphatic rings. The Hall–Kier alpha value is -9.30. The summed E-state index contributed by atoms with van der Waals surface area (Å²) in [7, 11) is 0. The minimum Gasteiger partial charge on any atom is -0.457 e. The van der Waals surface area contributed by atoms with Gasteiger partial charge in [0.05, 0.1) is 55.7 Å². The second-order valence-corrected chi connectivity index (χ2v) is 14.9. The van der Waals surface area contributed by atoms with Crippen molar-refractivity contribution in [2.45, 2.75) is 0 Å². The molecule has 0 unspecified atom stereocenters. The molecule has 306 valence electrons. The van der Waals surface area contributed by atoms with Crippen molar-refractivity contribution in [1.29, 1.82) is 0 Å². The van der Waals surface area contributed by atoms with E-state index in [9.17, 15) is 20.2 Å². The summed E-state index contributed by atoms with van der Waals surface area (Å²) in [5, 5.41) is 26.6. The van der Waals surface area contributed by atoms with Gasteiger partial charge in [-0.05, 0) is 72.8 Å². The van der Waals surface area contributed by atoms with Crippen molar-refractivity contribution in [3.63, 3.8) is 0 Å². The molecule has 0 bridgehead atoms. The Morgan fingerprint density at radius 2 is 0.812 bits per heavy atom. The number of nitro groups is 2. The second-order valence-electron chi connectivity index (χ2n) is 14.9. The first-order valence-electron chi connectivity index (χ1n) is 20.0. The van der Waals surface area contributed by atoms with E-state index in [-0.39, 0.29) is 11.4 Å². The zero-order valence-electron chi connectivity index (χ0n) is 33.3. The van der Waals surface area contributed by atoms with Crippen LogP contribution < -0.4 is 9.47 Å². The fourth-order valence-electron chi connectivity index (χ4n) is 8.09. The van der Waals surface area contributed by atoms with E-state index in [1.165, 1.54) is 24.5 Å². The van der Waals surface area contributed by atoms with Crippen LogP contribution in [-0.2, 0) is 0 Å². The summed E-state index contributed by atoms with van der Waals surface area (Å²) in [5.74, 6) is 3.51. The van der Waals surface area contributed by atoms with Gasteiger partial charge < -0.3 is 9.47 Å². The molecule has 64 heavy (non-hydrogen) atoms. The third-order valence-electron chi connectivity index (χ3n) is 11.0. The van der Waals surface area contributed by atoms with Crippen molar-refractivity contribution in [2.24, 2.45) is 0 Å². The summed E-state index contributed by atoms with van der Waals surface area (Å²) in [6, 6.07) is 49.1. The molecule has 5 heterocycles. The van der Waals surface area contributed by atoms with Gasteiger partial charge in [-0.2, -0.15) is 0 Å². The Kier molecular flexibility index (Phi) is 9.01. The van der Waals surface area contributed by atoms with Crippen LogP contribution in [0.5, 0.6) is 23.0 Å². The maximum absolute atomic E-state index is 11.3. The summed E-state index contributed by atoms with van der Waals surface area (Å²) in [4.78, 5) is 40.1. The molecule has 0 radical (unpaired) electrons. The molecule has 6 aromatic carbocycles. The summed E-state index contributed by atoms with van der Waals surface area (Å²) in [6.45, 7) is 0. The zero-order valence-corrected chi connectivity index (χ0v) is 33.3. The fraction of sp³-hybridized carbons (Fsp3) is 0. The van der Waals surface area contributed by atoms with Crippen LogP contribution in [-0.4, -0.2) is 38.9 Å². The summed E-state index contributed by atoms with van der Waals surface area (Å²) in [5.41, 5.74) is 6.30. The maximum atomic E-state index is 11.3. The minimum absolute atomic E-state index is 0.0814. The lowest BCUT2D eigenvalue weighted by Gasteiger charge is -2.11. The number of benzene rings is 6. The minimum atomic E-state index is -0.463. The van der Waals surface area contributed by atoms with Gasteiger partial charge in [0.25, 0.3) is 11.4 Å². The monoisotopic (exact) mass is 838 g/mol. The molecule has 0 fully saturated rings. The lowest BCUT2D eigenvalue weighted by Crippen LogP contribution is -1.98. The molecule has 0 saturated heterocycles. The van der Waals surface area contributed by atoms with Crippen LogP contribution in [0, 0.1) is 20.2 Å². The lowest BCUT2D eigenvalue weighted by atomic mass is 10.1. The van der Waals surface area contributed by atoms with Gasteiger partial charge in [-0.15, -0.1) is 0 Å². The van der Waals surface area contributed by atoms with E-state index in [2.05, 4.69) is 9.97 Å². The first kappa shape index (κ1) is 37.7. The number of para-hydroxylation sites is 2. The van der Waals surface area contributed by atoms with E-state index in [0.29, 0.717) is 46.0 Å². The molecular formula is C50H30N8O6. The number of ether oxygens (including phenoxy) is 2. The highest BCUT2D eigenvalue weighted by Crippen LogP contribution is 2.38. The summed E-state index contributed by atoms with van der Waals surface area (Å²) in [6.07, 6.45) is 5.97. The van der Waals surface area contributed by atoms with Gasteiger partial charge in [0.1, 0.15) is 47.0 Å². The Morgan fingerprint density at radius 3 is 1.22 bits per heavy atom. The number of fused-ring (bicyclic) bond motifs is 6. The maximum Gasteiger partial charge on any atom is 0.287 e. The van der Waals surface area contributed by atoms with E-state index in [4.69, 9.17) is 19.4 Å². The van der Waals surface area contributed by atoms with E-state index >= 15 is 0 Å². The van der Waals surface area contributed by atoms with E-state index in [0.717, 1.165) is 54.7 Å². The third kappa shape index (κ3) is 6.73. The third-order valence-corrected chi connectivity index (χ3v) is 11.0. The van der Waals surface area contributed by atoms with Gasteiger partial charge in [0.15, 0.2) is 0 Å². The first-order chi connectivity index (χ1) is 31.3. The smallest absolute Gasteiger partial charge is 0.287 e. The number of nitrogens with zero attached hydrogens (tertiary/aromatic N) is 8. The molecule has 14 nitrogen and oxygen atoms in total. The number of pyridine rings is 2. The van der Waals surface area contributed by atoms with Gasteiger partial charge in [-0.3, -0.25) is 39.3 Å². The topological polar surface area (TPSA) is 166 Å². The largest absolute Gasteiger partial charge is 0.457 e. The van der Waals surface area contributed by atoms with Gasteiger partial charge in [-0.25, -0.2) is 9.97 Å². The molecule has 14 heteroatoms. The van der Waals surface area contributed by atoms with E-state index in [1.807, 2.05) is 143 Å². The number of hydrogen-bond donors (Lipinski definition) is 0. The van der Waals surface area contributed by atoms with Crippen molar-refractivity contribution in [3.05, 3.63) is 203 Å². The number of rotatable bonds is 10. The molecule has 0 spiro atoms. The van der Waals surface area contributed by atoms with E-state index in [1.54, 1.807) is 24.5 Å². The molecule has 0 saturated carbocycles. The normalized spacial score (nSPS) is 11.4. The van der Waals surface area contributed by atoms with Crippen LogP contribution in [0.15, 0.2) is 183 Å². The Balaban J connectivity index is 0.842. The standard InChI is InChI=1S/C50H30N8O6/c59-57(60)33-15-21-49(53-27-33)55-45-13-3-1-11-39(45)41-19-17-37(25-47(41)55)63-35-9-5-7-31(23-35)43-29-52-44(30-51-43)32-8-6-10-36(24-32)64-38-18-20-42-40-12-2-4-14-46(40)56(48(42)26-38)50-22-16-34(28-54-50)58(61)62/h1-30H. The highest BCUT2D eigenvalue weighted by molar-refractivity contribution is 6.10. The molecule has 0 amide bonds. The van der Waals surface area contributed by atoms with Crippen molar-refractivity contribution in [3.8, 4) is 57.1 Å². The first-order valence-corrected chi connectivity index (χ1v) is 20.0. The average molecular weight is 839 g/mol. The van der Waals surface area contributed by atoms with Crippen molar-refractivity contribution >= 4 is 55.0 Å². The SMILES string of the molecule is O=[N+]([O-])c1ccc(-n2c3ccccc3c3ccc(Oc4cccc(-c5cnc(-c6cccc(Oc7ccc8c9ccccc9n(-c9ccc([N+](=O)[O-])cn9)c8c7)c6)cn5)c4)cc32)nc1. The molecule has 11 aromatic rings. The molecule has 0 atom stereocenters. The van der Waals surface area contributed by atoms with Gasteiger partial charge in [0, 0.05) is 56.9 Å². The Bertz CT molecular complexity index is 3390. The quantitative estimate of drug-likeness (QED) is 0.0955. The predicted molar refractivity (Wildman–Crippen MR) is 244 cm³/mol. The van der Waals surface area contributed by atoms with Crippen LogP contribution >= 0.6 is 0 Å². The Morgan fingerprint density at radius 1 is 0.391 bits per heavy atom. The van der Waals surface area contributed by atoms with E-state index < -0.39 is 9.85 Å². The highest BCUT2D eigenvalue weighted by Gasteiger charge is 2.18. The van der Waals surface area contributed by atoms with Crippen molar-refractivity contribution in [1.82, 2.24) is 29.1 Å². The van der Waals surface area contributed by atoms with Crippen molar-refractivity contribution in [2.75, 3.05) is 0 Å². The average Bonchev–Trinajstić information content (AvgIpc) is 3.84. The van der Waals surface area contributed by atoms with Crippen LogP contribution in [0.4, 0.5) is 11.4 Å². The van der Waals surface area contributed by atoms with Crippen LogP contribution in [0.25, 0.3) is 77.8 Å². The molecule has 5 aromatic heterocycles. The second kappa shape index (κ2) is 15.3. The molecule has 11 rings (SSSR count). The van der Waals surface area contributed by atoms with Gasteiger partial charge in [-0.1, -0.05) is 60.7 Å². The van der Waals surface area contributed by atoms with Gasteiger partial charge >= 0.3 is 0 Å². The van der Waals surface area contributed by atoms with Crippen LogP contribution in [0.2, 0.25) is 0 Å². The summed E-state index contributed by atoms with van der Waals surface area (Å²) < 4.78 is 16.8. The van der Waals surface area contributed by atoms with Crippen LogP contribution in [0.1, 0.15) is 0 Å². The lowest BCUT2D eigenvalue weighted by molar-refractivity contribution is -0.385. The number of aromatic nitrogens is 6.